The molecule has 2 fully saturated rings. The lowest BCUT2D eigenvalue weighted by Gasteiger charge is -2.26. The van der Waals surface area contributed by atoms with Crippen molar-refractivity contribution >= 4 is 23.6 Å². The van der Waals surface area contributed by atoms with E-state index in [1.165, 1.54) is 19.3 Å². The molecular weight excluding hydrogens is 308 g/mol. The minimum absolute atomic E-state index is 0.284. The van der Waals surface area contributed by atoms with Crippen molar-refractivity contribution in [2.45, 2.75) is 51.0 Å². The van der Waals surface area contributed by atoms with E-state index in [0.29, 0.717) is 11.9 Å². The van der Waals surface area contributed by atoms with Crippen molar-refractivity contribution in [3.63, 3.8) is 0 Å². The molecule has 0 aromatic carbocycles. The first kappa shape index (κ1) is 18.4. The number of aliphatic imine (C=N–C) groups is 1. The summed E-state index contributed by atoms with van der Waals surface area (Å²) >= 11 is 1.87. The molecule has 1 heterocycles. The van der Waals surface area contributed by atoms with Crippen LogP contribution in [0.4, 0.5) is 0 Å². The van der Waals surface area contributed by atoms with E-state index in [2.05, 4.69) is 26.8 Å². The Morgan fingerprint density at radius 1 is 1.26 bits per heavy atom. The number of hydrogen-bond donors (Lipinski definition) is 2. The molecule has 1 unspecified atom stereocenters. The van der Waals surface area contributed by atoms with E-state index in [1.54, 1.807) is 0 Å². The molecule has 132 valence electrons. The first-order valence-electron chi connectivity index (χ1n) is 8.99. The van der Waals surface area contributed by atoms with Gasteiger partial charge in [0.2, 0.25) is 5.91 Å². The molecule has 1 aliphatic heterocycles. The van der Waals surface area contributed by atoms with Crippen LogP contribution in [-0.4, -0.2) is 61.5 Å². The van der Waals surface area contributed by atoms with Crippen molar-refractivity contribution < 1.29 is 4.79 Å². The monoisotopic (exact) mass is 340 g/mol. The Morgan fingerprint density at radius 3 is 2.74 bits per heavy atom. The zero-order valence-corrected chi connectivity index (χ0v) is 15.5. The summed E-state index contributed by atoms with van der Waals surface area (Å²) in [5, 5.41) is 6.83. The molecule has 0 spiro atoms. The van der Waals surface area contributed by atoms with Crippen LogP contribution in [-0.2, 0) is 4.79 Å². The zero-order valence-electron chi connectivity index (χ0n) is 14.6. The second kappa shape index (κ2) is 10.1. The predicted octanol–water partition coefficient (Wildman–Crippen LogP) is 2.09. The van der Waals surface area contributed by atoms with Crippen molar-refractivity contribution in [2.24, 2.45) is 10.9 Å². The molecule has 6 heteroatoms. The van der Waals surface area contributed by atoms with Crippen LogP contribution >= 0.6 is 11.8 Å². The van der Waals surface area contributed by atoms with Crippen molar-refractivity contribution in [3.05, 3.63) is 0 Å². The summed E-state index contributed by atoms with van der Waals surface area (Å²) in [5.41, 5.74) is 0. The minimum Gasteiger partial charge on any atom is -0.356 e. The highest BCUT2D eigenvalue weighted by molar-refractivity contribution is 7.98. The molecule has 5 nitrogen and oxygen atoms in total. The highest BCUT2D eigenvalue weighted by atomic mass is 32.2. The van der Waals surface area contributed by atoms with Gasteiger partial charge in [-0.1, -0.05) is 19.3 Å². The summed E-state index contributed by atoms with van der Waals surface area (Å²) in [6, 6.07) is 0.328. The molecule has 0 aromatic rings. The molecule has 1 atom stereocenters. The van der Waals surface area contributed by atoms with Crippen LogP contribution in [0.5, 0.6) is 0 Å². The smallest absolute Gasteiger partial charge is 0.225 e. The van der Waals surface area contributed by atoms with Gasteiger partial charge in [-0.05, 0) is 37.7 Å². The van der Waals surface area contributed by atoms with Crippen molar-refractivity contribution in [3.8, 4) is 0 Å². The van der Waals surface area contributed by atoms with Gasteiger partial charge in [0.1, 0.15) is 0 Å². The summed E-state index contributed by atoms with van der Waals surface area (Å²) in [6.45, 7) is 2.65. The molecule has 1 aliphatic carbocycles. The van der Waals surface area contributed by atoms with Crippen LogP contribution in [0, 0.1) is 5.92 Å². The van der Waals surface area contributed by atoms with Crippen LogP contribution in [0.25, 0.3) is 0 Å². The van der Waals surface area contributed by atoms with Crippen LogP contribution in [0.2, 0.25) is 0 Å². The molecule has 2 rings (SSSR count). The Balaban J connectivity index is 1.72. The molecule has 0 radical (unpaired) electrons. The molecule has 23 heavy (non-hydrogen) atoms. The number of rotatable bonds is 6. The van der Waals surface area contributed by atoms with E-state index in [1.807, 2.05) is 18.8 Å². The van der Waals surface area contributed by atoms with Gasteiger partial charge in [-0.25, -0.2) is 0 Å². The number of amides is 1. The fourth-order valence-corrected chi connectivity index (χ4v) is 3.93. The second-order valence-corrected chi connectivity index (χ2v) is 7.58. The molecule has 0 aromatic heterocycles. The summed E-state index contributed by atoms with van der Waals surface area (Å²) < 4.78 is 0. The first-order chi connectivity index (χ1) is 11.2. The number of hydrogen-bond acceptors (Lipinski definition) is 3. The molecule has 2 aliphatic rings. The maximum absolute atomic E-state index is 12.6. The fourth-order valence-electron chi connectivity index (χ4n) is 3.50. The van der Waals surface area contributed by atoms with E-state index in [0.717, 1.165) is 57.0 Å². The largest absolute Gasteiger partial charge is 0.356 e. The summed E-state index contributed by atoms with van der Waals surface area (Å²) in [6.07, 6.45) is 10.2. The van der Waals surface area contributed by atoms with Gasteiger partial charge >= 0.3 is 0 Å². The number of thioether (sulfide) groups is 1. The molecule has 1 amide bonds. The third-order valence-electron chi connectivity index (χ3n) is 4.84. The number of carbonyl (C=O) groups is 1. The van der Waals surface area contributed by atoms with E-state index in [4.69, 9.17) is 0 Å². The van der Waals surface area contributed by atoms with Gasteiger partial charge in [0, 0.05) is 38.6 Å². The predicted molar refractivity (Wildman–Crippen MR) is 99.1 cm³/mol. The Morgan fingerprint density at radius 2 is 2.04 bits per heavy atom. The third-order valence-corrected chi connectivity index (χ3v) is 5.53. The maximum atomic E-state index is 12.6. The van der Waals surface area contributed by atoms with E-state index < -0.39 is 0 Å². The maximum Gasteiger partial charge on any atom is 0.225 e. The SMILES string of the molecule is CN=C(NCCCSC)NC1CCN(C(=O)C2CCCCC2)C1. The second-order valence-electron chi connectivity index (χ2n) is 6.59. The number of nitrogens with one attached hydrogen (secondary N) is 2. The van der Waals surface area contributed by atoms with Crippen LogP contribution in [0.3, 0.4) is 0 Å². The lowest BCUT2D eigenvalue weighted by atomic mass is 9.88. The molecule has 0 bridgehead atoms. The highest BCUT2D eigenvalue weighted by Crippen LogP contribution is 2.26. The number of guanidine groups is 1. The minimum atomic E-state index is 0.284. The summed E-state index contributed by atoms with van der Waals surface area (Å²) in [5.74, 6) is 2.70. The van der Waals surface area contributed by atoms with Gasteiger partial charge in [0.15, 0.2) is 5.96 Å². The number of likely N-dealkylation sites (tertiary alicyclic amines) is 1. The van der Waals surface area contributed by atoms with Crippen molar-refractivity contribution in [1.29, 1.82) is 0 Å². The van der Waals surface area contributed by atoms with Gasteiger partial charge in [0.05, 0.1) is 0 Å². The van der Waals surface area contributed by atoms with E-state index in [-0.39, 0.29) is 5.92 Å². The summed E-state index contributed by atoms with van der Waals surface area (Å²) in [4.78, 5) is 19.0. The van der Waals surface area contributed by atoms with Crippen molar-refractivity contribution in [1.82, 2.24) is 15.5 Å². The van der Waals surface area contributed by atoms with E-state index >= 15 is 0 Å². The molecular formula is C17H32N4OS. The Labute approximate surface area is 145 Å². The normalized spacial score (nSPS) is 23.1. The molecule has 1 saturated heterocycles. The number of carbonyl (C=O) groups excluding carboxylic acids is 1. The Bertz CT molecular complexity index is 396. The zero-order chi connectivity index (χ0) is 16.5. The lowest BCUT2D eigenvalue weighted by Crippen LogP contribution is -2.45. The topological polar surface area (TPSA) is 56.7 Å². The van der Waals surface area contributed by atoms with Gasteiger partial charge in [0.25, 0.3) is 0 Å². The summed E-state index contributed by atoms with van der Waals surface area (Å²) in [7, 11) is 1.81. The van der Waals surface area contributed by atoms with Gasteiger partial charge in [-0.2, -0.15) is 11.8 Å². The van der Waals surface area contributed by atoms with Crippen LogP contribution < -0.4 is 10.6 Å². The first-order valence-corrected chi connectivity index (χ1v) is 10.4. The number of nitrogens with zero attached hydrogens (tertiary/aromatic N) is 2. The fraction of sp³-hybridized carbons (Fsp3) is 0.882. The molecule has 1 saturated carbocycles. The van der Waals surface area contributed by atoms with Crippen molar-refractivity contribution in [2.75, 3.05) is 38.7 Å². The molecule has 2 N–H and O–H groups in total. The Kier molecular flexibility index (Phi) is 8.06. The Hall–Kier alpha value is -0.910. The van der Waals surface area contributed by atoms with E-state index in [9.17, 15) is 4.79 Å². The highest BCUT2D eigenvalue weighted by Gasteiger charge is 2.31. The standard InChI is InChI=1S/C17H32N4OS/c1-18-17(19-10-6-12-23-2)20-15-9-11-21(13-15)16(22)14-7-4-3-5-8-14/h14-15H,3-13H2,1-2H3,(H2,18,19,20). The van der Waals surface area contributed by atoms with Crippen LogP contribution in [0.15, 0.2) is 4.99 Å². The van der Waals surface area contributed by atoms with Gasteiger partial charge in [-0.3, -0.25) is 9.79 Å². The van der Waals surface area contributed by atoms with Gasteiger partial charge in [-0.15, -0.1) is 0 Å². The average molecular weight is 341 g/mol. The quantitative estimate of drug-likeness (QED) is 0.442. The van der Waals surface area contributed by atoms with Crippen LogP contribution in [0.1, 0.15) is 44.9 Å². The third kappa shape index (κ3) is 5.90. The van der Waals surface area contributed by atoms with Gasteiger partial charge < -0.3 is 15.5 Å². The lowest BCUT2D eigenvalue weighted by molar-refractivity contribution is -0.135. The average Bonchev–Trinajstić information content (AvgIpc) is 3.06.